The molecule has 86 valence electrons. The van der Waals surface area contributed by atoms with Gasteiger partial charge in [0.2, 0.25) is 0 Å². The molecule has 0 radical (unpaired) electrons. The second-order valence-electron chi connectivity index (χ2n) is 5.16. The van der Waals surface area contributed by atoms with Crippen LogP contribution in [0.3, 0.4) is 0 Å². The van der Waals surface area contributed by atoms with Gasteiger partial charge in [-0.2, -0.15) is 0 Å². The summed E-state index contributed by atoms with van der Waals surface area (Å²) in [5, 5.41) is 0. The minimum absolute atomic E-state index is 0.0957. The molecule has 3 unspecified atom stereocenters. The molecule has 2 fully saturated rings. The highest BCUT2D eigenvalue weighted by atomic mass is 16.5. The van der Waals surface area contributed by atoms with E-state index < -0.39 is 0 Å². The number of hydrogen-bond acceptors (Lipinski definition) is 2. The van der Waals surface area contributed by atoms with Crippen molar-refractivity contribution in [1.29, 1.82) is 0 Å². The minimum atomic E-state index is 0.0957. The summed E-state index contributed by atoms with van der Waals surface area (Å²) in [4.78, 5) is 11.8. The molecule has 0 aromatic carbocycles. The largest absolute Gasteiger partial charge is 0.465 e. The van der Waals surface area contributed by atoms with Gasteiger partial charge in [-0.15, -0.1) is 0 Å². The van der Waals surface area contributed by atoms with Crippen LogP contribution in [-0.2, 0) is 9.53 Å². The lowest BCUT2D eigenvalue weighted by Crippen LogP contribution is -2.23. The molecule has 0 spiro atoms. The maximum atomic E-state index is 11.8. The Morgan fingerprint density at radius 2 is 2.13 bits per heavy atom. The normalized spacial score (nSPS) is 33.3. The van der Waals surface area contributed by atoms with Crippen molar-refractivity contribution in [2.24, 2.45) is 17.8 Å². The molecule has 2 nitrogen and oxygen atoms in total. The van der Waals surface area contributed by atoms with E-state index in [2.05, 4.69) is 6.92 Å². The topological polar surface area (TPSA) is 26.3 Å². The molecule has 2 bridgehead atoms. The maximum absolute atomic E-state index is 11.8. The molecule has 2 heteroatoms. The Hall–Kier alpha value is -0.530. The Kier molecular flexibility index (Phi) is 3.66. The summed E-state index contributed by atoms with van der Waals surface area (Å²) in [5.74, 6) is 1.85. The van der Waals surface area contributed by atoms with Gasteiger partial charge >= 0.3 is 5.97 Å². The molecule has 0 aliphatic heterocycles. The summed E-state index contributed by atoms with van der Waals surface area (Å²) in [7, 11) is 0. The molecule has 15 heavy (non-hydrogen) atoms. The van der Waals surface area contributed by atoms with Crippen LogP contribution in [0.15, 0.2) is 0 Å². The summed E-state index contributed by atoms with van der Waals surface area (Å²) in [6.07, 6.45) is 8.40. The second kappa shape index (κ2) is 5.00. The van der Waals surface area contributed by atoms with Gasteiger partial charge in [0.15, 0.2) is 0 Å². The number of ether oxygens (including phenoxy) is 1. The van der Waals surface area contributed by atoms with Gasteiger partial charge in [0.1, 0.15) is 0 Å². The zero-order chi connectivity index (χ0) is 10.7. The van der Waals surface area contributed by atoms with E-state index in [0.717, 1.165) is 18.8 Å². The second-order valence-corrected chi connectivity index (χ2v) is 5.16. The number of rotatable bonds is 5. The van der Waals surface area contributed by atoms with Gasteiger partial charge in [-0.05, 0) is 37.5 Å². The molecule has 0 N–H and O–H groups in total. The van der Waals surface area contributed by atoms with E-state index >= 15 is 0 Å². The standard InChI is InChI=1S/C13H22O2/c1-2-3-4-7-15-13(14)12-9-10-5-6-11(12)8-10/h10-12H,2-9H2,1H3. The quantitative estimate of drug-likeness (QED) is 0.514. The molecular formula is C13H22O2. The van der Waals surface area contributed by atoms with E-state index in [-0.39, 0.29) is 11.9 Å². The summed E-state index contributed by atoms with van der Waals surface area (Å²) in [6.45, 7) is 2.80. The van der Waals surface area contributed by atoms with Crippen molar-refractivity contribution in [2.75, 3.05) is 6.61 Å². The van der Waals surface area contributed by atoms with E-state index in [0.29, 0.717) is 12.5 Å². The van der Waals surface area contributed by atoms with Crippen LogP contribution in [0.1, 0.15) is 51.9 Å². The lowest BCUT2D eigenvalue weighted by atomic mass is 9.89. The fraction of sp³-hybridized carbons (Fsp3) is 0.923. The molecule has 0 amide bonds. The highest BCUT2D eigenvalue weighted by molar-refractivity contribution is 5.73. The molecule has 0 heterocycles. The van der Waals surface area contributed by atoms with E-state index in [1.807, 2.05) is 0 Å². The summed E-state index contributed by atoms with van der Waals surface area (Å²) in [6, 6.07) is 0. The maximum Gasteiger partial charge on any atom is 0.309 e. The van der Waals surface area contributed by atoms with Crippen LogP contribution in [0, 0.1) is 17.8 Å². The van der Waals surface area contributed by atoms with Crippen molar-refractivity contribution < 1.29 is 9.53 Å². The Bertz CT molecular complexity index is 225. The smallest absolute Gasteiger partial charge is 0.309 e. The lowest BCUT2D eigenvalue weighted by Gasteiger charge is -2.19. The van der Waals surface area contributed by atoms with Crippen LogP contribution < -0.4 is 0 Å². The van der Waals surface area contributed by atoms with Gasteiger partial charge in [-0.25, -0.2) is 0 Å². The Morgan fingerprint density at radius 1 is 1.27 bits per heavy atom. The van der Waals surface area contributed by atoms with Crippen molar-refractivity contribution in [3.63, 3.8) is 0 Å². The average Bonchev–Trinajstić information content (AvgIpc) is 2.85. The van der Waals surface area contributed by atoms with Gasteiger partial charge in [0.25, 0.3) is 0 Å². The monoisotopic (exact) mass is 210 g/mol. The van der Waals surface area contributed by atoms with E-state index in [4.69, 9.17) is 4.74 Å². The zero-order valence-electron chi connectivity index (χ0n) is 9.71. The Labute approximate surface area is 92.4 Å². The minimum Gasteiger partial charge on any atom is -0.465 e. The van der Waals surface area contributed by atoms with E-state index in [9.17, 15) is 4.79 Å². The van der Waals surface area contributed by atoms with Crippen LogP contribution in [0.2, 0.25) is 0 Å². The fourth-order valence-electron chi connectivity index (χ4n) is 3.17. The molecule has 2 rings (SSSR count). The van der Waals surface area contributed by atoms with Crippen LogP contribution in [0.25, 0.3) is 0 Å². The van der Waals surface area contributed by atoms with Gasteiger partial charge in [-0.1, -0.05) is 26.2 Å². The van der Waals surface area contributed by atoms with Crippen molar-refractivity contribution in [2.45, 2.75) is 51.9 Å². The van der Waals surface area contributed by atoms with Gasteiger partial charge in [0.05, 0.1) is 12.5 Å². The molecule has 3 atom stereocenters. The third-order valence-electron chi connectivity index (χ3n) is 4.03. The summed E-state index contributed by atoms with van der Waals surface area (Å²) < 4.78 is 5.34. The molecule has 0 saturated heterocycles. The molecule has 0 aromatic rings. The van der Waals surface area contributed by atoms with Crippen LogP contribution in [0.5, 0.6) is 0 Å². The van der Waals surface area contributed by atoms with Crippen molar-refractivity contribution in [3.05, 3.63) is 0 Å². The molecule has 2 aliphatic carbocycles. The van der Waals surface area contributed by atoms with Crippen molar-refractivity contribution in [1.82, 2.24) is 0 Å². The first-order chi connectivity index (χ1) is 7.31. The highest BCUT2D eigenvalue weighted by Gasteiger charge is 2.43. The van der Waals surface area contributed by atoms with Crippen LogP contribution in [0.4, 0.5) is 0 Å². The van der Waals surface area contributed by atoms with Gasteiger partial charge < -0.3 is 4.74 Å². The predicted molar refractivity (Wildman–Crippen MR) is 59.4 cm³/mol. The molecule has 2 saturated carbocycles. The zero-order valence-corrected chi connectivity index (χ0v) is 9.71. The number of unbranched alkanes of at least 4 members (excludes halogenated alkanes) is 2. The highest BCUT2D eigenvalue weighted by Crippen LogP contribution is 2.48. The number of carbonyl (C=O) groups excluding carboxylic acids is 1. The third kappa shape index (κ3) is 2.53. The predicted octanol–water partition coefficient (Wildman–Crippen LogP) is 3.16. The van der Waals surface area contributed by atoms with Crippen molar-refractivity contribution >= 4 is 5.97 Å². The average molecular weight is 210 g/mol. The first-order valence-corrected chi connectivity index (χ1v) is 6.48. The number of esters is 1. The third-order valence-corrected chi connectivity index (χ3v) is 4.03. The van der Waals surface area contributed by atoms with E-state index in [1.165, 1.54) is 32.1 Å². The summed E-state index contributed by atoms with van der Waals surface area (Å²) in [5.41, 5.74) is 0. The first kappa shape index (κ1) is 11.0. The van der Waals surface area contributed by atoms with Gasteiger partial charge in [-0.3, -0.25) is 4.79 Å². The fourth-order valence-corrected chi connectivity index (χ4v) is 3.17. The van der Waals surface area contributed by atoms with Crippen LogP contribution in [-0.4, -0.2) is 12.6 Å². The molecule has 0 aromatic heterocycles. The lowest BCUT2D eigenvalue weighted by molar-refractivity contribution is -0.150. The number of hydrogen-bond donors (Lipinski definition) is 0. The molecular weight excluding hydrogens is 188 g/mol. The first-order valence-electron chi connectivity index (χ1n) is 6.48. The van der Waals surface area contributed by atoms with Gasteiger partial charge in [0, 0.05) is 0 Å². The van der Waals surface area contributed by atoms with Crippen molar-refractivity contribution in [3.8, 4) is 0 Å². The summed E-state index contributed by atoms with van der Waals surface area (Å²) >= 11 is 0. The van der Waals surface area contributed by atoms with Crippen LogP contribution >= 0.6 is 0 Å². The molecule has 2 aliphatic rings. The number of fused-ring (bicyclic) bond motifs is 2. The number of carbonyl (C=O) groups is 1. The Morgan fingerprint density at radius 3 is 2.73 bits per heavy atom. The SMILES string of the molecule is CCCCCOC(=O)C1CC2CCC1C2. The Balaban J connectivity index is 1.68. The van der Waals surface area contributed by atoms with E-state index in [1.54, 1.807) is 0 Å².